The highest BCUT2D eigenvalue weighted by atomic mass is 35.5. The van der Waals surface area contributed by atoms with Crippen LogP contribution in [0.5, 0.6) is 5.75 Å². The Balaban J connectivity index is 1.83. The molecule has 2 rings (SSSR count). The molecule has 0 saturated heterocycles. The Morgan fingerprint density at radius 3 is 2.94 bits per heavy atom. The van der Waals surface area contributed by atoms with Gasteiger partial charge in [-0.1, -0.05) is 30.7 Å². The van der Waals surface area contributed by atoms with Crippen molar-refractivity contribution in [1.29, 1.82) is 0 Å². The summed E-state index contributed by atoms with van der Waals surface area (Å²) in [5, 5.41) is 4.25. The summed E-state index contributed by atoms with van der Waals surface area (Å²) in [7, 11) is 0. The zero-order valence-electron chi connectivity index (χ0n) is 10.3. The number of ether oxygens (including phenoxy) is 1. The summed E-state index contributed by atoms with van der Waals surface area (Å²) < 4.78 is 5.94. The molecule has 94 valence electrons. The Morgan fingerprint density at radius 2 is 2.18 bits per heavy atom. The third-order valence-electron chi connectivity index (χ3n) is 3.20. The van der Waals surface area contributed by atoms with E-state index in [1.165, 1.54) is 12.8 Å². The van der Waals surface area contributed by atoms with Gasteiger partial charge in [0.25, 0.3) is 0 Å². The van der Waals surface area contributed by atoms with Crippen LogP contribution in [0.4, 0.5) is 0 Å². The average molecular weight is 254 g/mol. The third-order valence-corrected chi connectivity index (χ3v) is 3.51. The van der Waals surface area contributed by atoms with Crippen molar-refractivity contribution in [1.82, 2.24) is 5.32 Å². The number of rotatable bonds is 5. The number of benzene rings is 1. The molecule has 2 nitrogen and oxygen atoms in total. The number of halogens is 1. The molecule has 3 heteroatoms. The largest absolute Gasteiger partial charge is 0.489 e. The Morgan fingerprint density at radius 1 is 1.35 bits per heavy atom. The van der Waals surface area contributed by atoms with Crippen LogP contribution in [-0.4, -0.2) is 18.7 Å². The second-order valence-electron chi connectivity index (χ2n) is 4.63. The molecule has 17 heavy (non-hydrogen) atoms. The van der Waals surface area contributed by atoms with Crippen molar-refractivity contribution >= 4 is 11.6 Å². The molecule has 1 aromatic rings. The van der Waals surface area contributed by atoms with Gasteiger partial charge in [-0.15, -0.1) is 0 Å². The van der Waals surface area contributed by atoms with E-state index < -0.39 is 0 Å². The van der Waals surface area contributed by atoms with Crippen molar-refractivity contribution in [3.63, 3.8) is 0 Å². The lowest BCUT2D eigenvalue weighted by atomic mass is 10.2. The minimum atomic E-state index is 0.309. The number of hydrogen-bond donors (Lipinski definition) is 1. The molecule has 0 radical (unpaired) electrons. The quantitative estimate of drug-likeness (QED) is 0.865. The van der Waals surface area contributed by atoms with Gasteiger partial charge in [-0.05, 0) is 44.4 Å². The molecule has 0 aliphatic heterocycles. The predicted octanol–water partition coefficient (Wildman–Crippen LogP) is 3.64. The minimum Gasteiger partial charge on any atom is -0.489 e. The topological polar surface area (TPSA) is 21.3 Å². The van der Waals surface area contributed by atoms with Crippen LogP contribution in [0.2, 0.25) is 5.02 Å². The van der Waals surface area contributed by atoms with Crippen LogP contribution in [0.3, 0.4) is 0 Å². The molecule has 2 atom stereocenters. The van der Waals surface area contributed by atoms with E-state index in [4.69, 9.17) is 16.3 Å². The van der Waals surface area contributed by atoms with E-state index in [1.54, 1.807) is 0 Å². The predicted molar refractivity (Wildman–Crippen MR) is 71.8 cm³/mol. The SMILES string of the molecule is CCCNC1CCC(Oc2ccccc2Cl)C1. The smallest absolute Gasteiger partial charge is 0.138 e. The van der Waals surface area contributed by atoms with Crippen molar-refractivity contribution < 1.29 is 4.74 Å². The fourth-order valence-corrected chi connectivity index (χ4v) is 2.48. The van der Waals surface area contributed by atoms with Gasteiger partial charge in [-0.25, -0.2) is 0 Å². The fraction of sp³-hybridized carbons (Fsp3) is 0.571. The lowest BCUT2D eigenvalue weighted by molar-refractivity contribution is 0.206. The van der Waals surface area contributed by atoms with Gasteiger partial charge in [-0.3, -0.25) is 0 Å². The zero-order chi connectivity index (χ0) is 12.1. The van der Waals surface area contributed by atoms with Gasteiger partial charge in [0.05, 0.1) is 5.02 Å². The maximum absolute atomic E-state index is 6.08. The molecule has 1 saturated carbocycles. The van der Waals surface area contributed by atoms with E-state index in [0.29, 0.717) is 17.2 Å². The monoisotopic (exact) mass is 253 g/mol. The molecule has 0 heterocycles. The van der Waals surface area contributed by atoms with E-state index in [0.717, 1.165) is 25.1 Å². The first kappa shape index (κ1) is 12.7. The summed E-state index contributed by atoms with van der Waals surface area (Å²) in [4.78, 5) is 0. The van der Waals surface area contributed by atoms with E-state index in [-0.39, 0.29) is 0 Å². The summed E-state index contributed by atoms with van der Waals surface area (Å²) in [5.41, 5.74) is 0. The van der Waals surface area contributed by atoms with Crippen molar-refractivity contribution in [3.8, 4) is 5.75 Å². The molecule has 0 aromatic heterocycles. The lowest BCUT2D eigenvalue weighted by Gasteiger charge is -2.15. The Kier molecular flexibility index (Phi) is 4.69. The Hall–Kier alpha value is -0.730. The number of hydrogen-bond acceptors (Lipinski definition) is 2. The van der Waals surface area contributed by atoms with E-state index in [9.17, 15) is 0 Å². The summed E-state index contributed by atoms with van der Waals surface area (Å²) in [6, 6.07) is 8.31. The van der Waals surface area contributed by atoms with Crippen LogP contribution in [-0.2, 0) is 0 Å². The summed E-state index contributed by atoms with van der Waals surface area (Å²) in [6.07, 6.45) is 4.91. The third kappa shape index (κ3) is 3.62. The van der Waals surface area contributed by atoms with Gasteiger partial charge in [0.15, 0.2) is 0 Å². The molecule has 1 aromatic carbocycles. The summed E-state index contributed by atoms with van der Waals surface area (Å²) in [6.45, 7) is 3.29. The Labute approximate surface area is 108 Å². The number of para-hydroxylation sites is 1. The minimum absolute atomic E-state index is 0.309. The average Bonchev–Trinajstić information content (AvgIpc) is 2.77. The van der Waals surface area contributed by atoms with Crippen LogP contribution >= 0.6 is 11.6 Å². The molecule has 0 bridgehead atoms. The van der Waals surface area contributed by atoms with Gasteiger partial charge in [0.1, 0.15) is 11.9 Å². The summed E-state index contributed by atoms with van der Waals surface area (Å²) in [5.74, 6) is 0.815. The molecular weight excluding hydrogens is 234 g/mol. The molecule has 1 aliphatic carbocycles. The van der Waals surface area contributed by atoms with Crippen LogP contribution in [0.1, 0.15) is 32.6 Å². The first-order chi connectivity index (χ1) is 8.29. The lowest BCUT2D eigenvalue weighted by Crippen LogP contribution is -2.28. The highest BCUT2D eigenvalue weighted by molar-refractivity contribution is 6.32. The van der Waals surface area contributed by atoms with Gasteiger partial charge in [0, 0.05) is 6.04 Å². The molecule has 1 fully saturated rings. The van der Waals surface area contributed by atoms with E-state index >= 15 is 0 Å². The second-order valence-corrected chi connectivity index (χ2v) is 5.04. The van der Waals surface area contributed by atoms with Crippen LogP contribution in [0, 0.1) is 0 Å². The van der Waals surface area contributed by atoms with Crippen molar-refractivity contribution in [2.24, 2.45) is 0 Å². The van der Waals surface area contributed by atoms with Crippen LogP contribution in [0.15, 0.2) is 24.3 Å². The highest BCUT2D eigenvalue weighted by Gasteiger charge is 2.25. The molecule has 1 aliphatic rings. The number of nitrogens with one attached hydrogen (secondary N) is 1. The van der Waals surface area contributed by atoms with Gasteiger partial charge < -0.3 is 10.1 Å². The molecule has 0 amide bonds. The van der Waals surface area contributed by atoms with E-state index in [2.05, 4.69) is 12.2 Å². The maximum atomic E-state index is 6.08. The molecule has 2 unspecified atom stereocenters. The fourth-order valence-electron chi connectivity index (χ4n) is 2.30. The van der Waals surface area contributed by atoms with Crippen molar-refractivity contribution in [3.05, 3.63) is 29.3 Å². The molecule has 0 spiro atoms. The molecular formula is C14H20ClNO. The normalized spacial score (nSPS) is 23.9. The summed E-state index contributed by atoms with van der Waals surface area (Å²) >= 11 is 6.08. The van der Waals surface area contributed by atoms with Crippen molar-refractivity contribution in [2.75, 3.05) is 6.54 Å². The molecule has 1 N–H and O–H groups in total. The Bertz CT molecular complexity index is 356. The maximum Gasteiger partial charge on any atom is 0.138 e. The van der Waals surface area contributed by atoms with Crippen LogP contribution < -0.4 is 10.1 Å². The zero-order valence-corrected chi connectivity index (χ0v) is 11.0. The van der Waals surface area contributed by atoms with E-state index in [1.807, 2.05) is 24.3 Å². The first-order valence-electron chi connectivity index (χ1n) is 6.44. The second kappa shape index (κ2) is 6.27. The van der Waals surface area contributed by atoms with Gasteiger partial charge in [0.2, 0.25) is 0 Å². The standard InChI is InChI=1S/C14H20ClNO/c1-2-9-16-11-7-8-12(10-11)17-14-6-4-3-5-13(14)15/h3-6,11-12,16H,2,7-10H2,1H3. The van der Waals surface area contributed by atoms with Gasteiger partial charge in [-0.2, -0.15) is 0 Å². The van der Waals surface area contributed by atoms with Crippen LogP contribution in [0.25, 0.3) is 0 Å². The highest BCUT2D eigenvalue weighted by Crippen LogP contribution is 2.29. The first-order valence-corrected chi connectivity index (χ1v) is 6.82. The van der Waals surface area contributed by atoms with Crippen molar-refractivity contribution in [2.45, 2.75) is 44.8 Å². The van der Waals surface area contributed by atoms with Gasteiger partial charge >= 0.3 is 0 Å².